The number of hydrogen-bond acceptors (Lipinski definition) is 2. The van der Waals surface area contributed by atoms with Crippen molar-refractivity contribution in [3.8, 4) is 5.75 Å². The van der Waals surface area contributed by atoms with Crippen LogP contribution in [0.25, 0.3) is 0 Å². The first-order valence-corrected chi connectivity index (χ1v) is 5.96. The van der Waals surface area contributed by atoms with Gasteiger partial charge in [-0.2, -0.15) is 13.2 Å². The summed E-state index contributed by atoms with van der Waals surface area (Å²) in [5, 5.41) is 0. The predicted molar refractivity (Wildman–Crippen MR) is 62.6 cm³/mol. The van der Waals surface area contributed by atoms with Crippen molar-refractivity contribution in [2.24, 2.45) is 5.73 Å². The van der Waals surface area contributed by atoms with E-state index in [1.807, 2.05) is 18.2 Å². The highest BCUT2D eigenvalue weighted by Gasteiger charge is 2.40. The van der Waals surface area contributed by atoms with E-state index in [2.05, 4.69) is 0 Å². The molecule has 1 heterocycles. The third-order valence-corrected chi connectivity index (χ3v) is 3.57. The van der Waals surface area contributed by atoms with Gasteiger partial charge in [0.2, 0.25) is 0 Å². The van der Waals surface area contributed by atoms with Gasteiger partial charge in [0.25, 0.3) is 0 Å². The molecule has 1 aliphatic heterocycles. The van der Waals surface area contributed by atoms with Crippen LogP contribution in [0.4, 0.5) is 13.2 Å². The molecule has 0 aliphatic carbocycles. The smallest absolute Gasteiger partial charge is 0.389 e. The number of nitrogens with two attached hydrogens (primary N) is 1. The molecule has 0 fully saturated rings. The number of rotatable bonds is 3. The summed E-state index contributed by atoms with van der Waals surface area (Å²) in [6.45, 7) is 0.634. The fourth-order valence-corrected chi connectivity index (χ4v) is 2.48. The number of para-hydroxylation sites is 1. The summed E-state index contributed by atoms with van der Waals surface area (Å²) < 4.78 is 42.7. The zero-order valence-corrected chi connectivity index (χ0v) is 9.96. The van der Waals surface area contributed by atoms with Gasteiger partial charge in [-0.3, -0.25) is 0 Å². The van der Waals surface area contributed by atoms with Gasteiger partial charge in [0, 0.05) is 23.9 Å². The first kappa shape index (κ1) is 13.2. The molecule has 100 valence electrons. The van der Waals surface area contributed by atoms with Crippen molar-refractivity contribution < 1.29 is 17.9 Å². The summed E-state index contributed by atoms with van der Waals surface area (Å²) >= 11 is 0. The summed E-state index contributed by atoms with van der Waals surface area (Å²) in [5.41, 5.74) is 5.96. The number of hydrogen-bond donors (Lipinski definition) is 1. The van der Waals surface area contributed by atoms with Gasteiger partial charge in [0.1, 0.15) is 5.75 Å². The van der Waals surface area contributed by atoms with Crippen molar-refractivity contribution in [2.75, 3.05) is 13.2 Å². The highest BCUT2D eigenvalue weighted by Crippen LogP contribution is 2.42. The van der Waals surface area contributed by atoms with Gasteiger partial charge >= 0.3 is 6.18 Å². The van der Waals surface area contributed by atoms with Gasteiger partial charge in [-0.1, -0.05) is 18.2 Å². The van der Waals surface area contributed by atoms with E-state index in [-0.39, 0.29) is 13.0 Å². The van der Waals surface area contributed by atoms with E-state index >= 15 is 0 Å². The first-order chi connectivity index (χ1) is 8.47. The Morgan fingerprint density at radius 2 is 2.00 bits per heavy atom. The maximum Gasteiger partial charge on any atom is 0.389 e. The largest absolute Gasteiger partial charge is 0.493 e. The summed E-state index contributed by atoms with van der Waals surface area (Å²) in [6, 6.07) is 7.23. The Kier molecular flexibility index (Phi) is 3.52. The van der Waals surface area contributed by atoms with Crippen LogP contribution < -0.4 is 10.5 Å². The van der Waals surface area contributed by atoms with Crippen LogP contribution in [0.15, 0.2) is 24.3 Å². The number of benzene rings is 1. The van der Waals surface area contributed by atoms with E-state index in [1.54, 1.807) is 6.07 Å². The number of alkyl halides is 3. The maximum absolute atomic E-state index is 12.4. The molecule has 1 unspecified atom stereocenters. The van der Waals surface area contributed by atoms with E-state index in [1.165, 1.54) is 0 Å². The molecule has 0 saturated carbocycles. The quantitative estimate of drug-likeness (QED) is 0.905. The minimum absolute atomic E-state index is 0.0212. The van der Waals surface area contributed by atoms with Crippen LogP contribution in [0, 0.1) is 0 Å². The second-order valence-electron chi connectivity index (χ2n) is 4.69. The van der Waals surface area contributed by atoms with Crippen LogP contribution >= 0.6 is 0 Å². The molecule has 2 rings (SSSR count). The fraction of sp³-hybridized carbons (Fsp3) is 0.538. The second-order valence-corrected chi connectivity index (χ2v) is 4.69. The van der Waals surface area contributed by atoms with Crippen molar-refractivity contribution in [3.63, 3.8) is 0 Å². The molecule has 2 N–H and O–H groups in total. The topological polar surface area (TPSA) is 35.2 Å². The van der Waals surface area contributed by atoms with E-state index in [9.17, 15) is 13.2 Å². The van der Waals surface area contributed by atoms with E-state index in [0.29, 0.717) is 18.8 Å². The van der Waals surface area contributed by atoms with Crippen LogP contribution in [-0.2, 0) is 5.41 Å². The maximum atomic E-state index is 12.4. The number of ether oxygens (including phenoxy) is 1. The van der Waals surface area contributed by atoms with Gasteiger partial charge < -0.3 is 10.5 Å². The third kappa shape index (κ3) is 2.61. The van der Waals surface area contributed by atoms with Gasteiger partial charge in [0.05, 0.1) is 6.61 Å². The summed E-state index contributed by atoms with van der Waals surface area (Å²) in [7, 11) is 0. The van der Waals surface area contributed by atoms with Gasteiger partial charge in [-0.25, -0.2) is 0 Å². The fourth-order valence-electron chi connectivity index (χ4n) is 2.48. The molecule has 5 heteroatoms. The molecular formula is C13H16F3NO. The van der Waals surface area contributed by atoms with Crippen molar-refractivity contribution >= 4 is 0 Å². The predicted octanol–water partition coefficient (Wildman–Crippen LogP) is 3.01. The molecule has 0 amide bonds. The van der Waals surface area contributed by atoms with Crippen molar-refractivity contribution in [3.05, 3.63) is 29.8 Å². The van der Waals surface area contributed by atoms with E-state index < -0.39 is 18.0 Å². The molecule has 0 aromatic heterocycles. The standard InChI is InChI=1S/C13H16F3NO/c14-13(15,16)6-5-12(9-17)7-8-18-11-4-2-1-3-10(11)12/h1-4H,5-9,17H2. The minimum Gasteiger partial charge on any atom is -0.493 e. The Bertz CT molecular complexity index is 419. The Morgan fingerprint density at radius 1 is 1.28 bits per heavy atom. The molecule has 18 heavy (non-hydrogen) atoms. The lowest BCUT2D eigenvalue weighted by atomic mass is 9.72. The van der Waals surface area contributed by atoms with Crippen LogP contribution in [0.3, 0.4) is 0 Å². The zero-order valence-electron chi connectivity index (χ0n) is 9.96. The van der Waals surface area contributed by atoms with Gasteiger partial charge in [-0.15, -0.1) is 0 Å². The van der Waals surface area contributed by atoms with Crippen LogP contribution in [0.5, 0.6) is 5.75 Å². The van der Waals surface area contributed by atoms with Gasteiger partial charge in [-0.05, 0) is 18.9 Å². The third-order valence-electron chi connectivity index (χ3n) is 3.57. The Labute approximate surface area is 104 Å². The monoisotopic (exact) mass is 259 g/mol. The van der Waals surface area contributed by atoms with Crippen molar-refractivity contribution in [2.45, 2.75) is 30.9 Å². The molecule has 2 nitrogen and oxygen atoms in total. The van der Waals surface area contributed by atoms with Gasteiger partial charge in [0.15, 0.2) is 0 Å². The minimum atomic E-state index is -4.14. The highest BCUT2D eigenvalue weighted by atomic mass is 19.4. The molecule has 1 aliphatic rings. The average molecular weight is 259 g/mol. The molecule has 1 aromatic rings. The molecule has 0 bridgehead atoms. The van der Waals surface area contributed by atoms with Crippen molar-refractivity contribution in [1.29, 1.82) is 0 Å². The van der Waals surface area contributed by atoms with E-state index in [4.69, 9.17) is 10.5 Å². The lowest BCUT2D eigenvalue weighted by molar-refractivity contribution is -0.139. The van der Waals surface area contributed by atoms with Crippen LogP contribution in [0.1, 0.15) is 24.8 Å². The second kappa shape index (κ2) is 4.80. The lowest BCUT2D eigenvalue weighted by Gasteiger charge is -2.38. The Balaban J connectivity index is 2.28. The highest BCUT2D eigenvalue weighted by molar-refractivity contribution is 5.41. The zero-order chi connectivity index (χ0) is 13.2. The van der Waals surface area contributed by atoms with Crippen LogP contribution in [-0.4, -0.2) is 19.3 Å². The molecular weight excluding hydrogens is 243 g/mol. The normalized spacial score (nSPS) is 23.3. The molecule has 0 radical (unpaired) electrons. The number of fused-ring (bicyclic) bond motifs is 1. The molecule has 0 spiro atoms. The number of halogens is 3. The Morgan fingerprint density at radius 3 is 2.67 bits per heavy atom. The van der Waals surface area contributed by atoms with E-state index in [0.717, 1.165) is 5.56 Å². The average Bonchev–Trinajstić information content (AvgIpc) is 2.35. The van der Waals surface area contributed by atoms with Crippen LogP contribution in [0.2, 0.25) is 0 Å². The lowest BCUT2D eigenvalue weighted by Crippen LogP contribution is -2.40. The molecule has 0 saturated heterocycles. The summed E-state index contributed by atoms with van der Waals surface area (Å²) in [6.07, 6.45) is -4.39. The SMILES string of the molecule is NCC1(CCC(F)(F)F)CCOc2ccccc21. The first-order valence-electron chi connectivity index (χ1n) is 5.96. The van der Waals surface area contributed by atoms with Crippen molar-refractivity contribution in [1.82, 2.24) is 0 Å². The summed E-state index contributed by atoms with van der Waals surface area (Å²) in [4.78, 5) is 0. The molecule has 1 atom stereocenters. The molecule has 1 aromatic carbocycles. The Hall–Kier alpha value is -1.23. The summed E-state index contributed by atoms with van der Waals surface area (Å²) in [5.74, 6) is 0.663.